The molecule has 2 N–H and O–H groups in total. The van der Waals surface area contributed by atoms with Crippen molar-refractivity contribution in [2.45, 2.75) is 25.9 Å². The predicted molar refractivity (Wildman–Crippen MR) is 125 cm³/mol. The van der Waals surface area contributed by atoms with Crippen LogP contribution >= 0.6 is 11.6 Å². The van der Waals surface area contributed by atoms with Gasteiger partial charge in [-0.1, -0.05) is 54.1 Å². The number of carbonyl (C=O) groups is 2. The molecule has 0 spiro atoms. The van der Waals surface area contributed by atoms with E-state index in [1.807, 2.05) is 59.5 Å². The van der Waals surface area contributed by atoms with Crippen molar-refractivity contribution in [2.75, 3.05) is 11.9 Å². The van der Waals surface area contributed by atoms with E-state index in [4.69, 9.17) is 16.3 Å². The van der Waals surface area contributed by atoms with E-state index in [0.29, 0.717) is 41.7 Å². The molecule has 0 atom stereocenters. The SMILES string of the molecule is O=C(NCc1cccc(CN2CCCC2=O)c1)Nc1cc(Cl)ccc1Oc1ccccc1. The first-order chi connectivity index (χ1) is 15.6. The molecule has 0 radical (unpaired) electrons. The molecule has 3 aromatic carbocycles. The van der Waals surface area contributed by atoms with Gasteiger partial charge in [0, 0.05) is 31.1 Å². The van der Waals surface area contributed by atoms with Crippen LogP contribution in [0.1, 0.15) is 24.0 Å². The molecular formula is C25H24ClN3O3. The fraction of sp³-hybridized carbons (Fsp3) is 0.200. The number of anilines is 1. The lowest BCUT2D eigenvalue weighted by molar-refractivity contribution is -0.128. The van der Waals surface area contributed by atoms with Gasteiger partial charge in [-0.3, -0.25) is 4.79 Å². The zero-order valence-electron chi connectivity index (χ0n) is 17.5. The van der Waals surface area contributed by atoms with Crippen LogP contribution in [0.4, 0.5) is 10.5 Å². The first kappa shape index (κ1) is 21.7. The quantitative estimate of drug-likeness (QED) is 0.495. The van der Waals surface area contributed by atoms with Crippen LogP contribution in [-0.4, -0.2) is 23.4 Å². The molecule has 1 aliphatic rings. The Morgan fingerprint density at radius 2 is 1.81 bits per heavy atom. The van der Waals surface area contributed by atoms with Gasteiger partial charge in [-0.25, -0.2) is 4.79 Å². The Bertz CT molecular complexity index is 1100. The number of para-hydroxylation sites is 1. The summed E-state index contributed by atoms with van der Waals surface area (Å²) < 4.78 is 5.88. The molecule has 7 heteroatoms. The van der Waals surface area contributed by atoms with E-state index in [9.17, 15) is 9.59 Å². The minimum Gasteiger partial charge on any atom is -0.455 e. The largest absolute Gasteiger partial charge is 0.455 e. The van der Waals surface area contributed by atoms with Gasteiger partial charge in [0.1, 0.15) is 5.75 Å². The summed E-state index contributed by atoms with van der Waals surface area (Å²) in [6.07, 6.45) is 1.54. The van der Waals surface area contributed by atoms with E-state index in [1.54, 1.807) is 18.2 Å². The van der Waals surface area contributed by atoms with E-state index >= 15 is 0 Å². The summed E-state index contributed by atoms with van der Waals surface area (Å²) in [5.41, 5.74) is 2.48. The van der Waals surface area contributed by atoms with Crippen molar-refractivity contribution in [1.82, 2.24) is 10.2 Å². The average Bonchev–Trinajstić information content (AvgIpc) is 3.19. The van der Waals surface area contributed by atoms with Crippen LogP contribution in [0.3, 0.4) is 0 Å². The maximum Gasteiger partial charge on any atom is 0.319 e. The summed E-state index contributed by atoms with van der Waals surface area (Å²) in [5.74, 6) is 1.35. The molecule has 4 rings (SSSR count). The highest BCUT2D eigenvalue weighted by Gasteiger charge is 2.20. The lowest BCUT2D eigenvalue weighted by Crippen LogP contribution is -2.28. The second kappa shape index (κ2) is 10.2. The fourth-order valence-corrected chi connectivity index (χ4v) is 3.75. The normalized spacial score (nSPS) is 13.2. The smallest absolute Gasteiger partial charge is 0.319 e. The second-order valence-electron chi connectivity index (χ2n) is 7.60. The van der Waals surface area contributed by atoms with Crippen LogP contribution in [0.5, 0.6) is 11.5 Å². The number of rotatable bonds is 7. The predicted octanol–water partition coefficient (Wildman–Crippen LogP) is 5.58. The Kier molecular flexibility index (Phi) is 6.92. The number of hydrogen-bond donors (Lipinski definition) is 2. The van der Waals surface area contributed by atoms with E-state index in [-0.39, 0.29) is 11.9 Å². The Hall–Kier alpha value is -3.51. The van der Waals surface area contributed by atoms with Crippen LogP contribution in [-0.2, 0) is 17.9 Å². The van der Waals surface area contributed by atoms with Gasteiger partial charge in [0.15, 0.2) is 5.75 Å². The number of nitrogens with zero attached hydrogens (tertiary/aromatic N) is 1. The van der Waals surface area contributed by atoms with Gasteiger partial charge in [0.05, 0.1) is 5.69 Å². The lowest BCUT2D eigenvalue weighted by atomic mass is 10.1. The first-order valence-electron chi connectivity index (χ1n) is 10.5. The van der Waals surface area contributed by atoms with E-state index in [0.717, 1.165) is 24.1 Å². The molecule has 0 unspecified atom stereocenters. The highest BCUT2D eigenvalue weighted by atomic mass is 35.5. The molecule has 0 aliphatic carbocycles. The van der Waals surface area contributed by atoms with Crippen LogP contribution in [0, 0.1) is 0 Å². The van der Waals surface area contributed by atoms with Crippen LogP contribution in [0.25, 0.3) is 0 Å². The zero-order valence-corrected chi connectivity index (χ0v) is 18.3. The van der Waals surface area contributed by atoms with Gasteiger partial charge in [-0.15, -0.1) is 0 Å². The van der Waals surface area contributed by atoms with E-state index in [2.05, 4.69) is 10.6 Å². The number of benzene rings is 3. The van der Waals surface area contributed by atoms with Crippen LogP contribution < -0.4 is 15.4 Å². The van der Waals surface area contributed by atoms with Gasteiger partial charge in [-0.2, -0.15) is 0 Å². The summed E-state index contributed by atoms with van der Waals surface area (Å²) >= 11 is 6.12. The highest BCUT2D eigenvalue weighted by Crippen LogP contribution is 2.32. The van der Waals surface area contributed by atoms with E-state index < -0.39 is 0 Å². The van der Waals surface area contributed by atoms with Crippen LogP contribution in [0.2, 0.25) is 5.02 Å². The monoisotopic (exact) mass is 449 g/mol. The van der Waals surface area contributed by atoms with Crippen molar-refractivity contribution >= 4 is 29.2 Å². The zero-order chi connectivity index (χ0) is 22.3. The van der Waals surface area contributed by atoms with E-state index in [1.165, 1.54) is 0 Å². The molecule has 1 heterocycles. The Labute approximate surface area is 192 Å². The van der Waals surface area contributed by atoms with Crippen LogP contribution in [0.15, 0.2) is 72.8 Å². The number of halogens is 1. The summed E-state index contributed by atoms with van der Waals surface area (Å²) in [6.45, 7) is 1.75. The topological polar surface area (TPSA) is 70.7 Å². The van der Waals surface area contributed by atoms with Gasteiger partial charge in [0.2, 0.25) is 5.91 Å². The molecule has 32 heavy (non-hydrogen) atoms. The Morgan fingerprint density at radius 3 is 2.59 bits per heavy atom. The minimum absolute atomic E-state index is 0.197. The molecule has 6 nitrogen and oxygen atoms in total. The summed E-state index contributed by atoms with van der Waals surface area (Å²) in [4.78, 5) is 26.3. The van der Waals surface area contributed by atoms with Crippen molar-refractivity contribution in [2.24, 2.45) is 0 Å². The molecule has 1 saturated heterocycles. The second-order valence-corrected chi connectivity index (χ2v) is 8.04. The highest BCUT2D eigenvalue weighted by molar-refractivity contribution is 6.31. The summed E-state index contributed by atoms with van der Waals surface area (Å²) in [6, 6.07) is 21.9. The molecule has 1 fully saturated rings. The van der Waals surface area contributed by atoms with Crippen molar-refractivity contribution < 1.29 is 14.3 Å². The van der Waals surface area contributed by atoms with Crippen molar-refractivity contribution in [3.05, 3.63) is 88.9 Å². The third-order valence-corrected chi connectivity index (χ3v) is 5.39. The standard InChI is InChI=1S/C25H24ClN3O3/c26-20-11-12-23(32-21-8-2-1-3-9-21)22(15-20)28-25(31)27-16-18-6-4-7-19(14-18)17-29-13-5-10-24(29)30/h1-4,6-9,11-12,14-15H,5,10,13,16-17H2,(H2,27,28,31). The van der Waals surface area contributed by atoms with Crippen molar-refractivity contribution in [3.8, 4) is 11.5 Å². The minimum atomic E-state index is -0.370. The van der Waals surface area contributed by atoms with Crippen molar-refractivity contribution in [1.29, 1.82) is 0 Å². The fourth-order valence-electron chi connectivity index (χ4n) is 3.58. The molecular weight excluding hydrogens is 426 g/mol. The number of ether oxygens (including phenoxy) is 1. The number of urea groups is 1. The number of amides is 3. The molecule has 0 bridgehead atoms. The third kappa shape index (κ3) is 5.80. The van der Waals surface area contributed by atoms with Gasteiger partial charge < -0.3 is 20.3 Å². The molecule has 3 aromatic rings. The molecule has 1 aliphatic heterocycles. The number of nitrogens with one attached hydrogen (secondary N) is 2. The van der Waals surface area contributed by atoms with Gasteiger partial charge >= 0.3 is 6.03 Å². The lowest BCUT2D eigenvalue weighted by Gasteiger charge is -2.16. The Morgan fingerprint density at radius 1 is 1.00 bits per heavy atom. The van der Waals surface area contributed by atoms with Crippen molar-refractivity contribution in [3.63, 3.8) is 0 Å². The number of hydrogen-bond acceptors (Lipinski definition) is 3. The third-order valence-electron chi connectivity index (χ3n) is 5.15. The average molecular weight is 450 g/mol. The summed E-state index contributed by atoms with van der Waals surface area (Å²) in [7, 11) is 0. The Balaban J connectivity index is 1.37. The van der Waals surface area contributed by atoms with Gasteiger partial charge in [0.25, 0.3) is 0 Å². The maximum absolute atomic E-state index is 12.5. The maximum atomic E-state index is 12.5. The molecule has 164 valence electrons. The molecule has 0 aromatic heterocycles. The number of carbonyl (C=O) groups excluding carboxylic acids is 2. The first-order valence-corrected chi connectivity index (χ1v) is 10.9. The molecule has 0 saturated carbocycles. The number of likely N-dealkylation sites (tertiary alicyclic amines) is 1. The molecule has 3 amide bonds. The van der Waals surface area contributed by atoms with Gasteiger partial charge in [-0.05, 0) is 47.9 Å². The summed E-state index contributed by atoms with van der Waals surface area (Å²) in [5, 5.41) is 6.16.